The van der Waals surface area contributed by atoms with E-state index < -0.39 is 0 Å². The van der Waals surface area contributed by atoms with E-state index in [2.05, 4.69) is 20.7 Å². The third-order valence-electron chi connectivity index (χ3n) is 2.07. The fraction of sp³-hybridized carbons (Fsp3) is 0.400. The number of furan rings is 1. The van der Waals surface area contributed by atoms with E-state index in [1.165, 1.54) is 18.3 Å². The summed E-state index contributed by atoms with van der Waals surface area (Å²) in [5.41, 5.74) is 0.437. The van der Waals surface area contributed by atoms with E-state index >= 15 is 0 Å². The van der Waals surface area contributed by atoms with Gasteiger partial charge in [-0.25, -0.2) is 0 Å². The van der Waals surface area contributed by atoms with Crippen LogP contribution in [0.3, 0.4) is 0 Å². The molecule has 1 rings (SSSR count). The van der Waals surface area contributed by atoms with Crippen molar-refractivity contribution in [3.05, 3.63) is 22.6 Å². The van der Waals surface area contributed by atoms with Gasteiger partial charge < -0.3 is 14.1 Å². The minimum Gasteiger partial charge on any atom is -0.469 e. The van der Waals surface area contributed by atoms with Gasteiger partial charge in [-0.15, -0.1) is 0 Å². The van der Waals surface area contributed by atoms with Crippen molar-refractivity contribution in [3.8, 4) is 0 Å². The van der Waals surface area contributed by atoms with Crippen molar-refractivity contribution in [2.45, 2.75) is 6.42 Å². The van der Waals surface area contributed by atoms with Crippen molar-refractivity contribution in [1.29, 1.82) is 0 Å². The summed E-state index contributed by atoms with van der Waals surface area (Å²) in [6, 6.07) is 1.57. The highest BCUT2D eigenvalue weighted by atomic mass is 79.9. The number of rotatable bonds is 4. The monoisotopic (exact) mass is 289 g/mol. The van der Waals surface area contributed by atoms with E-state index in [4.69, 9.17) is 4.42 Å². The summed E-state index contributed by atoms with van der Waals surface area (Å²) in [7, 11) is 2.93. The van der Waals surface area contributed by atoms with Gasteiger partial charge in [0.15, 0.2) is 4.67 Å². The minimum atomic E-state index is -0.342. The van der Waals surface area contributed by atoms with Gasteiger partial charge in [0.05, 0.1) is 25.4 Å². The van der Waals surface area contributed by atoms with Gasteiger partial charge in [0.25, 0.3) is 5.91 Å². The second kappa shape index (κ2) is 5.69. The van der Waals surface area contributed by atoms with Crippen LogP contribution in [0.4, 0.5) is 0 Å². The molecule has 0 radical (unpaired) electrons. The first-order valence-corrected chi connectivity index (χ1v) is 5.41. The Hall–Kier alpha value is -1.30. The molecule has 0 aliphatic carbocycles. The third kappa shape index (κ3) is 3.10. The molecule has 0 saturated heterocycles. The number of hydrogen-bond donors (Lipinski definition) is 0. The minimum absolute atomic E-state index is 0.175. The molecule has 88 valence electrons. The molecule has 0 spiro atoms. The van der Waals surface area contributed by atoms with Gasteiger partial charge in [-0.05, 0) is 22.0 Å². The molecule has 0 atom stereocenters. The Morgan fingerprint density at radius 2 is 2.25 bits per heavy atom. The number of hydrogen-bond acceptors (Lipinski definition) is 4. The fourth-order valence-corrected chi connectivity index (χ4v) is 1.52. The van der Waals surface area contributed by atoms with E-state index in [1.807, 2.05) is 0 Å². The van der Waals surface area contributed by atoms with Crippen LogP contribution in [0.1, 0.15) is 16.8 Å². The van der Waals surface area contributed by atoms with Crippen molar-refractivity contribution in [1.82, 2.24) is 4.90 Å². The Labute approximate surface area is 101 Å². The molecule has 1 aromatic heterocycles. The van der Waals surface area contributed by atoms with Gasteiger partial charge in [0.2, 0.25) is 0 Å². The predicted molar refractivity (Wildman–Crippen MR) is 60.0 cm³/mol. The molecular weight excluding hydrogens is 278 g/mol. The lowest BCUT2D eigenvalue weighted by Crippen LogP contribution is -2.29. The Morgan fingerprint density at radius 3 is 2.75 bits per heavy atom. The van der Waals surface area contributed by atoms with Gasteiger partial charge in [-0.1, -0.05) is 0 Å². The van der Waals surface area contributed by atoms with E-state index in [1.54, 1.807) is 13.1 Å². The van der Waals surface area contributed by atoms with Crippen molar-refractivity contribution in [2.75, 3.05) is 20.7 Å². The summed E-state index contributed by atoms with van der Waals surface area (Å²) in [6.45, 7) is 0.309. The van der Waals surface area contributed by atoms with E-state index in [9.17, 15) is 9.59 Å². The molecule has 0 aliphatic heterocycles. The Morgan fingerprint density at radius 1 is 1.56 bits per heavy atom. The topological polar surface area (TPSA) is 59.8 Å². The molecule has 0 unspecified atom stereocenters. The average molecular weight is 290 g/mol. The molecular formula is C10H12BrNO4. The number of esters is 1. The van der Waals surface area contributed by atoms with Crippen LogP contribution in [0, 0.1) is 0 Å². The quantitative estimate of drug-likeness (QED) is 0.792. The molecule has 1 heterocycles. The van der Waals surface area contributed by atoms with Gasteiger partial charge in [-0.2, -0.15) is 0 Å². The number of methoxy groups -OCH3 is 1. The first-order valence-electron chi connectivity index (χ1n) is 4.61. The lowest BCUT2D eigenvalue weighted by atomic mass is 10.3. The molecule has 5 nitrogen and oxygen atoms in total. The highest BCUT2D eigenvalue weighted by molar-refractivity contribution is 9.10. The summed E-state index contributed by atoms with van der Waals surface area (Å²) in [5.74, 6) is -0.546. The van der Waals surface area contributed by atoms with Crippen LogP contribution < -0.4 is 0 Å². The maximum absolute atomic E-state index is 11.8. The van der Waals surface area contributed by atoms with Gasteiger partial charge in [0.1, 0.15) is 0 Å². The van der Waals surface area contributed by atoms with Crippen molar-refractivity contribution in [3.63, 3.8) is 0 Å². The van der Waals surface area contributed by atoms with Crippen LogP contribution >= 0.6 is 15.9 Å². The molecule has 0 saturated carbocycles. The zero-order valence-electron chi connectivity index (χ0n) is 9.03. The molecule has 1 aromatic rings. The number of halogens is 1. The number of carbonyl (C=O) groups excluding carboxylic acids is 2. The molecule has 0 fully saturated rings. The van der Waals surface area contributed by atoms with E-state index in [0.29, 0.717) is 16.8 Å². The predicted octanol–water partition coefficient (Wildman–Crippen LogP) is 1.68. The second-order valence-electron chi connectivity index (χ2n) is 3.16. The zero-order valence-corrected chi connectivity index (χ0v) is 10.6. The van der Waals surface area contributed by atoms with Gasteiger partial charge >= 0.3 is 5.97 Å². The van der Waals surface area contributed by atoms with Crippen LogP contribution in [-0.2, 0) is 9.53 Å². The van der Waals surface area contributed by atoms with Crippen LogP contribution in [0.5, 0.6) is 0 Å². The normalized spacial score (nSPS) is 9.94. The van der Waals surface area contributed by atoms with Crippen LogP contribution in [0.25, 0.3) is 0 Å². The summed E-state index contributed by atoms with van der Waals surface area (Å²) < 4.78 is 9.84. The van der Waals surface area contributed by atoms with Crippen LogP contribution in [0.2, 0.25) is 0 Å². The first kappa shape index (κ1) is 12.8. The van der Waals surface area contributed by atoms with Crippen LogP contribution in [0.15, 0.2) is 21.4 Å². The molecule has 0 bridgehead atoms. The van der Waals surface area contributed by atoms with Crippen molar-refractivity contribution < 1.29 is 18.7 Å². The molecule has 6 heteroatoms. The summed E-state index contributed by atoms with van der Waals surface area (Å²) >= 11 is 3.12. The second-order valence-corrected chi connectivity index (χ2v) is 3.88. The zero-order chi connectivity index (χ0) is 12.1. The lowest BCUT2D eigenvalue weighted by molar-refractivity contribution is -0.140. The van der Waals surface area contributed by atoms with E-state index in [-0.39, 0.29) is 18.3 Å². The molecule has 1 amide bonds. The highest BCUT2D eigenvalue weighted by Crippen LogP contribution is 2.18. The number of nitrogens with zero attached hydrogens (tertiary/aromatic N) is 1. The maximum atomic E-state index is 11.8. The lowest BCUT2D eigenvalue weighted by Gasteiger charge is -2.15. The van der Waals surface area contributed by atoms with Crippen molar-refractivity contribution >= 4 is 27.8 Å². The van der Waals surface area contributed by atoms with E-state index in [0.717, 1.165) is 0 Å². The summed E-state index contributed by atoms with van der Waals surface area (Å²) in [4.78, 5) is 24.2. The SMILES string of the molecule is COC(=O)CCN(C)C(=O)c1ccoc1Br. The van der Waals surface area contributed by atoms with Gasteiger partial charge in [-0.3, -0.25) is 9.59 Å². The average Bonchev–Trinajstić information content (AvgIpc) is 2.70. The standard InChI is InChI=1S/C10H12BrNO4/c1-12(5-3-8(13)15-2)10(14)7-4-6-16-9(7)11/h4,6H,3,5H2,1-2H3. The molecule has 16 heavy (non-hydrogen) atoms. The maximum Gasteiger partial charge on any atom is 0.307 e. The number of ether oxygens (including phenoxy) is 1. The molecule has 0 N–H and O–H groups in total. The summed E-state index contributed by atoms with van der Waals surface area (Å²) in [6.07, 6.45) is 1.60. The van der Waals surface area contributed by atoms with Crippen LogP contribution in [-0.4, -0.2) is 37.5 Å². The molecule has 0 aromatic carbocycles. The largest absolute Gasteiger partial charge is 0.469 e. The highest BCUT2D eigenvalue weighted by Gasteiger charge is 2.17. The number of carbonyl (C=O) groups is 2. The summed E-state index contributed by atoms with van der Waals surface area (Å²) in [5, 5.41) is 0. The third-order valence-corrected chi connectivity index (χ3v) is 2.69. The smallest absolute Gasteiger partial charge is 0.307 e. The Balaban J connectivity index is 2.55. The Kier molecular flexibility index (Phi) is 4.54. The number of amides is 1. The Bertz CT molecular complexity index is 388. The van der Waals surface area contributed by atoms with Gasteiger partial charge in [0, 0.05) is 13.6 Å². The fourth-order valence-electron chi connectivity index (χ4n) is 1.11. The first-order chi connectivity index (χ1) is 7.56. The molecule has 0 aliphatic rings. The van der Waals surface area contributed by atoms with Crippen molar-refractivity contribution in [2.24, 2.45) is 0 Å².